The zero-order valence-electron chi connectivity index (χ0n) is 11.7. The Morgan fingerprint density at radius 3 is 2.90 bits per heavy atom. The lowest BCUT2D eigenvalue weighted by molar-refractivity contribution is 0.112. The Labute approximate surface area is 123 Å². The summed E-state index contributed by atoms with van der Waals surface area (Å²) in [5.41, 5.74) is 3.01. The first-order valence-electron chi connectivity index (χ1n) is 7.23. The van der Waals surface area contributed by atoms with Crippen molar-refractivity contribution in [3.63, 3.8) is 0 Å². The molecule has 3 rings (SSSR count). The molecule has 0 radical (unpaired) electrons. The summed E-state index contributed by atoms with van der Waals surface area (Å²) in [7, 11) is 0. The van der Waals surface area contributed by atoms with Crippen LogP contribution in [0.25, 0.3) is 0 Å². The highest BCUT2D eigenvalue weighted by molar-refractivity contribution is 5.74. The van der Waals surface area contributed by atoms with Crippen LogP contribution in [0.3, 0.4) is 0 Å². The molecule has 0 fully saturated rings. The van der Waals surface area contributed by atoms with Crippen molar-refractivity contribution in [1.29, 1.82) is 0 Å². The minimum Gasteiger partial charge on any atom is -0.490 e. The predicted octanol–water partition coefficient (Wildman–Crippen LogP) is 4.14. The Balaban J connectivity index is 1.73. The van der Waals surface area contributed by atoms with E-state index in [0.717, 1.165) is 19.3 Å². The first-order valence-corrected chi connectivity index (χ1v) is 7.23. The molecule has 0 amide bonds. The minimum absolute atomic E-state index is 0.212. The maximum atomic E-state index is 13.8. The molecule has 0 spiro atoms. The lowest BCUT2D eigenvalue weighted by Gasteiger charge is -2.25. The molecule has 0 bridgehead atoms. The van der Waals surface area contributed by atoms with E-state index in [1.54, 1.807) is 6.07 Å². The number of rotatable bonds is 4. The second-order valence-corrected chi connectivity index (χ2v) is 5.41. The van der Waals surface area contributed by atoms with Crippen molar-refractivity contribution >= 4 is 6.29 Å². The second kappa shape index (κ2) is 6.08. The van der Waals surface area contributed by atoms with Crippen LogP contribution < -0.4 is 4.74 Å². The molecule has 1 atom stereocenters. The zero-order valence-corrected chi connectivity index (χ0v) is 11.7. The average molecular weight is 284 g/mol. The number of benzene rings is 2. The van der Waals surface area contributed by atoms with Gasteiger partial charge < -0.3 is 4.74 Å². The van der Waals surface area contributed by atoms with Gasteiger partial charge in [0, 0.05) is 11.5 Å². The van der Waals surface area contributed by atoms with E-state index in [9.17, 15) is 9.18 Å². The first kappa shape index (κ1) is 13.8. The Morgan fingerprint density at radius 1 is 1.24 bits per heavy atom. The average Bonchev–Trinajstić information content (AvgIpc) is 2.53. The number of carbonyl (C=O) groups is 1. The molecule has 0 saturated carbocycles. The van der Waals surface area contributed by atoms with E-state index >= 15 is 0 Å². The first-order chi connectivity index (χ1) is 10.3. The fourth-order valence-electron chi connectivity index (χ4n) is 2.93. The number of halogens is 1. The molecule has 0 heterocycles. The van der Waals surface area contributed by atoms with Crippen molar-refractivity contribution in [3.8, 4) is 5.75 Å². The maximum absolute atomic E-state index is 13.8. The van der Waals surface area contributed by atoms with Crippen molar-refractivity contribution in [1.82, 2.24) is 0 Å². The van der Waals surface area contributed by atoms with Crippen LogP contribution in [-0.4, -0.2) is 12.9 Å². The van der Waals surface area contributed by atoms with Crippen LogP contribution in [0, 0.1) is 5.82 Å². The third kappa shape index (κ3) is 2.97. The van der Waals surface area contributed by atoms with Crippen molar-refractivity contribution in [2.45, 2.75) is 25.2 Å². The van der Waals surface area contributed by atoms with Crippen molar-refractivity contribution in [2.24, 2.45) is 0 Å². The zero-order chi connectivity index (χ0) is 14.7. The summed E-state index contributed by atoms with van der Waals surface area (Å²) in [5, 5.41) is 0. The SMILES string of the molecule is O=Cc1ccc(OCC2CCCc3ccccc32)c(F)c1. The maximum Gasteiger partial charge on any atom is 0.165 e. The van der Waals surface area contributed by atoms with Gasteiger partial charge in [-0.3, -0.25) is 4.79 Å². The molecular weight excluding hydrogens is 267 g/mol. The molecule has 1 unspecified atom stereocenters. The van der Waals surface area contributed by atoms with Gasteiger partial charge in [0.2, 0.25) is 0 Å². The third-order valence-corrected chi connectivity index (χ3v) is 4.03. The third-order valence-electron chi connectivity index (χ3n) is 4.03. The number of ether oxygens (including phenoxy) is 1. The summed E-state index contributed by atoms with van der Waals surface area (Å²) in [6.45, 7) is 0.467. The topological polar surface area (TPSA) is 26.3 Å². The largest absolute Gasteiger partial charge is 0.490 e. The van der Waals surface area contributed by atoms with Gasteiger partial charge in [-0.25, -0.2) is 4.39 Å². The van der Waals surface area contributed by atoms with Crippen molar-refractivity contribution in [2.75, 3.05) is 6.61 Å². The van der Waals surface area contributed by atoms with Crippen molar-refractivity contribution < 1.29 is 13.9 Å². The van der Waals surface area contributed by atoms with Crippen LogP contribution >= 0.6 is 0 Å². The van der Waals surface area contributed by atoms with Gasteiger partial charge in [0.1, 0.15) is 6.29 Å². The molecule has 0 N–H and O–H groups in total. The van der Waals surface area contributed by atoms with Crippen molar-refractivity contribution in [3.05, 3.63) is 65.0 Å². The summed E-state index contributed by atoms with van der Waals surface area (Å²) in [6.07, 6.45) is 3.93. The van der Waals surface area contributed by atoms with Crippen LogP contribution in [0.15, 0.2) is 42.5 Å². The molecule has 2 aromatic carbocycles. The van der Waals surface area contributed by atoms with Gasteiger partial charge in [-0.2, -0.15) is 0 Å². The highest BCUT2D eigenvalue weighted by atomic mass is 19.1. The van der Waals surface area contributed by atoms with Gasteiger partial charge in [0.25, 0.3) is 0 Å². The van der Waals surface area contributed by atoms with Gasteiger partial charge in [0.15, 0.2) is 11.6 Å². The summed E-state index contributed by atoms with van der Waals surface area (Å²) < 4.78 is 19.4. The normalized spacial score (nSPS) is 17.1. The highest BCUT2D eigenvalue weighted by Gasteiger charge is 2.20. The van der Waals surface area contributed by atoms with Gasteiger partial charge in [-0.15, -0.1) is 0 Å². The molecule has 2 nitrogen and oxygen atoms in total. The molecular formula is C18H17FO2. The van der Waals surface area contributed by atoms with Gasteiger partial charge >= 0.3 is 0 Å². The lowest BCUT2D eigenvalue weighted by atomic mass is 9.83. The molecule has 0 aromatic heterocycles. The molecule has 0 saturated heterocycles. The van der Waals surface area contributed by atoms with Gasteiger partial charge in [-0.1, -0.05) is 24.3 Å². The standard InChI is InChI=1S/C18H17FO2/c19-17-10-13(11-20)8-9-18(17)21-12-15-6-3-5-14-4-1-2-7-16(14)15/h1-2,4,7-11,15H,3,5-6,12H2. The fraction of sp³-hybridized carbons (Fsp3) is 0.278. The van der Waals surface area contributed by atoms with Crippen LogP contribution in [0.1, 0.15) is 40.2 Å². The van der Waals surface area contributed by atoms with Gasteiger partial charge in [-0.05, 0) is 48.6 Å². The summed E-state index contributed by atoms with van der Waals surface area (Å²) in [4.78, 5) is 10.6. The van der Waals surface area contributed by atoms with E-state index in [1.807, 2.05) is 6.07 Å². The van der Waals surface area contributed by atoms with Gasteiger partial charge in [0.05, 0.1) is 6.61 Å². The molecule has 1 aliphatic carbocycles. The molecule has 0 aliphatic heterocycles. The lowest BCUT2D eigenvalue weighted by Crippen LogP contribution is -2.17. The highest BCUT2D eigenvalue weighted by Crippen LogP contribution is 2.32. The number of hydrogen-bond donors (Lipinski definition) is 0. The van der Waals surface area contributed by atoms with Crippen LogP contribution in [-0.2, 0) is 6.42 Å². The smallest absolute Gasteiger partial charge is 0.165 e. The van der Waals surface area contributed by atoms with E-state index in [1.165, 1.54) is 23.3 Å². The van der Waals surface area contributed by atoms with Crippen LogP contribution in [0.5, 0.6) is 5.75 Å². The summed E-state index contributed by atoms with van der Waals surface area (Å²) in [5.74, 6) is 0.0347. The monoisotopic (exact) mass is 284 g/mol. The quantitative estimate of drug-likeness (QED) is 0.789. The van der Waals surface area contributed by atoms with Crippen LogP contribution in [0.2, 0.25) is 0 Å². The van der Waals surface area contributed by atoms with E-state index in [4.69, 9.17) is 4.74 Å². The van der Waals surface area contributed by atoms with E-state index in [0.29, 0.717) is 24.4 Å². The Bertz CT molecular complexity index is 651. The molecule has 3 heteroatoms. The molecule has 1 aliphatic rings. The number of aryl methyl sites for hydroxylation is 1. The fourth-order valence-corrected chi connectivity index (χ4v) is 2.93. The number of hydrogen-bond acceptors (Lipinski definition) is 2. The number of fused-ring (bicyclic) bond motifs is 1. The Kier molecular flexibility index (Phi) is 4.00. The molecule has 2 aromatic rings. The molecule has 108 valence electrons. The van der Waals surface area contributed by atoms with Crippen LogP contribution in [0.4, 0.5) is 4.39 Å². The van der Waals surface area contributed by atoms with E-state index < -0.39 is 5.82 Å². The number of aldehydes is 1. The van der Waals surface area contributed by atoms with E-state index in [-0.39, 0.29) is 5.75 Å². The Morgan fingerprint density at radius 2 is 2.10 bits per heavy atom. The van der Waals surface area contributed by atoms with E-state index in [2.05, 4.69) is 18.2 Å². The summed E-state index contributed by atoms with van der Waals surface area (Å²) >= 11 is 0. The number of carbonyl (C=O) groups excluding carboxylic acids is 1. The second-order valence-electron chi connectivity index (χ2n) is 5.41. The Hall–Kier alpha value is -2.16. The molecule has 21 heavy (non-hydrogen) atoms. The minimum atomic E-state index is -0.483. The summed E-state index contributed by atoms with van der Waals surface area (Å²) in [6, 6.07) is 12.7. The predicted molar refractivity (Wildman–Crippen MR) is 79.4 cm³/mol.